The van der Waals surface area contributed by atoms with Crippen LogP contribution in [0, 0.1) is 12.5 Å². The first-order valence-corrected chi connectivity index (χ1v) is 7.47. The molecule has 0 aromatic heterocycles. The van der Waals surface area contributed by atoms with Gasteiger partial charge >= 0.3 is 5.97 Å². The monoisotopic (exact) mass is 291 g/mol. The molecule has 1 aliphatic carbocycles. The van der Waals surface area contributed by atoms with E-state index in [0.717, 1.165) is 17.7 Å². The number of fused-ring (bicyclic) bond motifs is 1. The molecule has 0 fully saturated rings. The maximum absolute atomic E-state index is 11.9. The molecule has 2 atom stereocenters. The van der Waals surface area contributed by atoms with Gasteiger partial charge in [-0.1, -0.05) is 12.1 Å². The average molecular weight is 291 g/mol. The Bertz CT molecular complexity index is 484. The van der Waals surface area contributed by atoms with E-state index in [-0.39, 0.29) is 17.8 Å². The van der Waals surface area contributed by atoms with Crippen molar-refractivity contribution in [2.24, 2.45) is 5.92 Å². The molecule has 2 rings (SSSR count). The average Bonchev–Trinajstić information content (AvgIpc) is 2.83. The number of ether oxygens (including phenoxy) is 3. The molecule has 1 aromatic rings. The van der Waals surface area contributed by atoms with E-state index in [9.17, 15) is 4.79 Å². The van der Waals surface area contributed by atoms with Gasteiger partial charge < -0.3 is 9.47 Å². The van der Waals surface area contributed by atoms with Gasteiger partial charge in [-0.3, -0.25) is 4.79 Å². The maximum Gasteiger partial charge on any atom is 0.306 e. The Morgan fingerprint density at radius 1 is 1.33 bits per heavy atom. The lowest BCUT2D eigenvalue weighted by Gasteiger charge is -2.16. The number of carbonyl (C=O) groups is 1. The van der Waals surface area contributed by atoms with E-state index in [0.29, 0.717) is 19.6 Å². The van der Waals surface area contributed by atoms with Crippen LogP contribution in [0.2, 0.25) is 0 Å². The maximum atomic E-state index is 11.9. The van der Waals surface area contributed by atoms with Gasteiger partial charge in [0.25, 0.3) is 0 Å². The van der Waals surface area contributed by atoms with Crippen molar-refractivity contribution in [3.05, 3.63) is 35.9 Å². The van der Waals surface area contributed by atoms with Crippen molar-refractivity contribution in [1.29, 1.82) is 0 Å². The molecular weight excluding hydrogens is 268 g/mol. The third-order valence-corrected chi connectivity index (χ3v) is 3.85. The molecule has 0 saturated carbocycles. The fourth-order valence-corrected chi connectivity index (χ4v) is 2.99. The van der Waals surface area contributed by atoms with E-state index in [1.807, 2.05) is 32.6 Å². The lowest BCUT2D eigenvalue weighted by atomic mass is 9.89. The van der Waals surface area contributed by atoms with Gasteiger partial charge in [-0.25, -0.2) is 0 Å². The second kappa shape index (κ2) is 7.36. The number of hydrogen-bond acceptors (Lipinski definition) is 4. The van der Waals surface area contributed by atoms with Crippen molar-refractivity contribution < 1.29 is 19.0 Å². The summed E-state index contributed by atoms with van der Waals surface area (Å²) in [5.41, 5.74) is 2.35. The molecule has 0 heterocycles. The summed E-state index contributed by atoms with van der Waals surface area (Å²) in [7, 11) is 1.66. The number of carbonyl (C=O) groups excluding carboxylic acids is 1. The number of hydrogen-bond donors (Lipinski definition) is 0. The largest absolute Gasteiger partial charge is 0.496 e. The molecule has 1 aromatic carbocycles. The minimum absolute atomic E-state index is 0.0572. The van der Waals surface area contributed by atoms with Crippen molar-refractivity contribution in [3.8, 4) is 5.75 Å². The summed E-state index contributed by atoms with van der Waals surface area (Å²) in [6.07, 6.45) is 1.23. The third kappa shape index (κ3) is 3.50. The van der Waals surface area contributed by atoms with Crippen LogP contribution in [0.5, 0.6) is 5.75 Å². The first-order valence-electron chi connectivity index (χ1n) is 7.47. The molecule has 0 aliphatic heterocycles. The summed E-state index contributed by atoms with van der Waals surface area (Å²) in [4.78, 5) is 11.9. The Kier molecular flexibility index (Phi) is 5.51. The minimum Gasteiger partial charge on any atom is -0.496 e. The van der Waals surface area contributed by atoms with Crippen LogP contribution >= 0.6 is 0 Å². The molecule has 0 unspecified atom stereocenters. The van der Waals surface area contributed by atoms with Crippen LogP contribution in [-0.2, 0) is 20.7 Å². The molecule has 0 bridgehead atoms. The fourth-order valence-electron chi connectivity index (χ4n) is 2.99. The topological polar surface area (TPSA) is 44.8 Å². The molecule has 0 amide bonds. The summed E-state index contributed by atoms with van der Waals surface area (Å²) in [6.45, 7) is 6.69. The molecule has 0 saturated heterocycles. The zero-order valence-electron chi connectivity index (χ0n) is 12.9. The third-order valence-electron chi connectivity index (χ3n) is 3.85. The number of methoxy groups -OCH3 is 1. The Morgan fingerprint density at radius 2 is 2.14 bits per heavy atom. The molecule has 4 heteroatoms. The van der Waals surface area contributed by atoms with Gasteiger partial charge in [-0.2, -0.15) is 4.74 Å². The van der Waals surface area contributed by atoms with E-state index in [1.165, 1.54) is 5.56 Å². The first kappa shape index (κ1) is 15.7. The Balaban J connectivity index is 2.24. The Morgan fingerprint density at radius 3 is 2.81 bits per heavy atom. The lowest BCUT2D eigenvalue weighted by Crippen LogP contribution is -2.16. The van der Waals surface area contributed by atoms with Crippen LogP contribution in [-0.4, -0.2) is 26.3 Å². The molecule has 0 radical (unpaired) electrons. The lowest BCUT2D eigenvalue weighted by molar-refractivity contribution is -0.143. The summed E-state index contributed by atoms with van der Waals surface area (Å²) in [6, 6.07) is 6.03. The van der Waals surface area contributed by atoms with Crippen molar-refractivity contribution >= 4 is 5.97 Å². The van der Waals surface area contributed by atoms with Gasteiger partial charge in [-0.05, 0) is 25.5 Å². The summed E-state index contributed by atoms with van der Waals surface area (Å²) < 4.78 is 16.1. The van der Waals surface area contributed by atoms with Gasteiger partial charge in [0.2, 0.25) is 6.61 Å². The predicted octanol–water partition coefficient (Wildman–Crippen LogP) is 3.10. The molecule has 1 aliphatic rings. The quantitative estimate of drug-likeness (QED) is 0.572. The van der Waals surface area contributed by atoms with Crippen LogP contribution in [0.15, 0.2) is 18.2 Å². The summed E-state index contributed by atoms with van der Waals surface area (Å²) in [5, 5.41) is 0. The molecule has 114 valence electrons. The van der Waals surface area contributed by atoms with Gasteiger partial charge in [0.05, 0.1) is 26.7 Å². The van der Waals surface area contributed by atoms with Gasteiger partial charge in [-0.15, -0.1) is 0 Å². The van der Waals surface area contributed by atoms with E-state index < -0.39 is 0 Å². The number of rotatable bonds is 7. The number of esters is 1. The zero-order chi connectivity index (χ0) is 15.2. The van der Waals surface area contributed by atoms with Gasteiger partial charge in [0, 0.05) is 17.9 Å². The van der Waals surface area contributed by atoms with Gasteiger partial charge in [0.1, 0.15) is 11.7 Å². The molecule has 21 heavy (non-hydrogen) atoms. The highest BCUT2D eigenvalue weighted by Gasteiger charge is 2.42. The zero-order valence-corrected chi connectivity index (χ0v) is 12.9. The first-order chi connectivity index (χ1) is 10.2. The smallest absolute Gasteiger partial charge is 0.306 e. The molecule has 4 nitrogen and oxygen atoms in total. The minimum atomic E-state index is -0.170. The van der Waals surface area contributed by atoms with Gasteiger partial charge in [0.15, 0.2) is 0 Å². The molecule has 0 spiro atoms. The Hall–Kier alpha value is -1.68. The predicted molar refractivity (Wildman–Crippen MR) is 80.1 cm³/mol. The van der Waals surface area contributed by atoms with Crippen molar-refractivity contribution in [1.82, 2.24) is 0 Å². The number of benzene rings is 1. The van der Waals surface area contributed by atoms with E-state index in [1.54, 1.807) is 7.11 Å². The van der Waals surface area contributed by atoms with E-state index in [4.69, 9.17) is 14.2 Å². The van der Waals surface area contributed by atoms with Crippen LogP contribution in [0.25, 0.3) is 0 Å². The van der Waals surface area contributed by atoms with E-state index >= 15 is 0 Å². The van der Waals surface area contributed by atoms with Crippen LogP contribution < -0.4 is 4.74 Å². The highest BCUT2D eigenvalue weighted by molar-refractivity contribution is 5.71. The fraction of sp³-hybridized carbons (Fsp3) is 0.529. The standard InChI is InChI=1S/C17H23O4/c1-4-20-11-13-9-12-7-6-8-15(19-3)17(12)14(13)10-16(18)21-5-2/h6-8,11,13-14H,4-5,9-10H2,1-3H3/q+1/t13-,14+/m0/s1. The highest BCUT2D eigenvalue weighted by atomic mass is 16.5. The summed E-state index contributed by atoms with van der Waals surface area (Å²) >= 11 is 0. The van der Waals surface area contributed by atoms with Crippen molar-refractivity contribution in [3.63, 3.8) is 0 Å². The van der Waals surface area contributed by atoms with Crippen LogP contribution in [0.1, 0.15) is 37.3 Å². The van der Waals surface area contributed by atoms with Crippen LogP contribution in [0.3, 0.4) is 0 Å². The SMILES string of the molecule is CCO[CH+][C@@H]1Cc2cccc(OC)c2[C@@H]1CC(=O)OCC. The van der Waals surface area contributed by atoms with E-state index in [2.05, 4.69) is 6.07 Å². The second-order valence-corrected chi connectivity index (χ2v) is 5.11. The van der Waals surface area contributed by atoms with Crippen molar-refractivity contribution in [2.75, 3.05) is 20.3 Å². The van der Waals surface area contributed by atoms with Crippen molar-refractivity contribution in [2.45, 2.75) is 32.6 Å². The molecule has 0 N–H and O–H groups in total. The molecular formula is C17H23O4+. The normalized spacial score (nSPS) is 20.0. The summed E-state index contributed by atoms with van der Waals surface area (Å²) in [5.74, 6) is 0.910. The Labute approximate surface area is 126 Å². The van der Waals surface area contributed by atoms with Crippen LogP contribution in [0.4, 0.5) is 0 Å². The highest BCUT2D eigenvalue weighted by Crippen LogP contribution is 2.46. The second-order valence-electron chi connectivity index (χ2n) is 5.11.